The molecule has 6 heteroatoms. The summed E-state index contributed by atoms with van der Waals surface area (Å²) in [6.07, 6.45) is 3.49. The molecule has 0 spiro atoms. The summed E-state index contributed by atoms with van der Waals surface area (Å²) >= 11 is 0. The molecule has 0 saturated heterocycles. The topological polar surface area (TPSA) is 80.6 Å². The van der Waals surface area contributed by atoms with Crippen LogP contribution in [-0.4, -0.2) is 19.5 Å². The number of aryl methyl sites for hydroxylation is 1. The third-order valence-electron chi connectivity index (χ3n) is 7.23. The molecule has 0 aliphatic rings. The number of pyridine rings is 4. The van der Waals surface area contributed by atoms with E-state index in [1.165, 1.54) is 0 Å². The van der Waals surface area contributed by atoms with E-state index >= 15 is 0 Å². The molecule has 38 heavy (non-hydrogen) atoms. The smallest absolute Gasteiger partial charge is 0.197 e. The van der Waals surface area contributed by atoms with Gasteiger partial charge in [-0.15, -0.1) is 0 Å². The first-order chi connectivity index (χ1) is 18.7. The number of H-pyrrole nitrogens is 1. The van der Waals surface area contributed by atoms with Crippen LogP contribution in [0.3, 0.4) is 0 Å². The highest BCUT2D eigenvalue weighted by molar-refractivity contribution is 6.07. The van der Waals surface area contributed by atoms with Gasteiger partial charge in [-0.25, -0.2) is 0 Å². The third kappa shape index (κ3) is 3.20. The number of nitrogens with one attached hydrogen (secondary N) is 1. The Kier molecular flexibility index (Phi) is 4.94. The van der Waals surface area contributed by atoms with Crippen LogP contribution >= 0.6 is 0 Å². The van der Waals surface area contributed by atoms with E-state index in [4.69, 9.17) is 0 Å². The van der Waals surface area contributed by atoms with Gasteiger partial charge in [-0.05, 0) is 55.5 Å². The van der Waals surface area contributed by atoms with Gasteiger partial charge in [0, 0.05) is 51.6 Å². The predicted molar refractivity (Wildman–Crippen MR) is 153 cm³/mol. The van der Waals surface area contributed by atoms with Crippen LogP contribution in [0.4, 0.5) is 0 Å². The van der Waals surface area contributed by atoms with Gasteiger partial charge in [0.1, 0.15) is 0 Å². The van der Waals surface area contributed by atoms with Crippen molar-refractivity contribution < 1.29 is 0 Å². The fourth-order valence-electron chi connectivity index (χ4n) is 5.52. The molecule has 3 aromatic carbocycles. The highest BCUT2D eigenvalue weighted by Gasteiger charge is 2.18. The van der Waals surface area contributed by atoms with Gasteiger partial charge in [-0.2, -0.15) is 0 Å². The van der Waals surface area contributed by atoms with E-state index in [2.05, 4.69) is 19.5 Å². The zero-order valence-corrected chi connectivity index (χ0v) is 20.6. The van der Waals surface area contributed by atoms with Crippen LogP contribution in [0.25, 0.3) is 66.1 Å². The van der Waals surface area contributed by atoms with Crippen LogP contribution in [0, 0.1) is 0 Å². The Morgan fingerprint density at radius 3 is 2.03 bits per heavy atom. The molecule has 1 N–H and O–H groups in total. The lowest BCUT2D eigenvalue weighted by molar-refractivity contribution is 0.822. The fraction of sp³-hybridized carbons (Fsp3) is 0.0625. The largest absolute Gasteiger partial charge is 0.354 e. The van der Waals surface area contributed by atoms with Crippen molar-refractivity contribution in [2.45, 2.75) is 13.5 Å². The SMILES string of the molecule is CCn1c2cc3c(=O)c4cccc(-c5ccccn5)c4[nH]c3cc2c(=O)c2cccc(-c3ccccn3)c21. The first-order valence-electron chi connectivity index (χ1n) is 12.6. The number of benzene rings is 3. The van der Waals surface area contributed by atoms with Crippen molar-refractivity contribution in [3.63, 3.8) is 0 Å². The zero-order valence-electron chi connectivity index (χ0n) is 20.6. The zero-order chi connectivity index (χ0) is 25.8. The van der Waals surface area contributed by atoms with Crippen molar-refractivity contribution in [1.82, 2.24) is 19.5 Å². The van der Waals surface area contributed by atoms with E-state index in [9.17, 15) is 9.59 Å². The second kappa shape index (κ2) is 8.49. The van der Waals surface area contributed by atoms with E-state index < -0.39 is 0 Å². The van der Waals surface area contributed by atoms with Crippen molar-refractivity contribution in [3.8, 4) is 22.5 Å². The Morgan fingerprint density at radius 2 is 1.34 bits per heavy atom. The van der Waals surface area contributed by atoms with Gasteiger partial charge in [-0.3, -0.25) is 19.6 Å². The monoisotopic (exact) mass is 494 g/mol. The van der Waals surface area contributed by atoms with Crippen LogP contribution in [-0.2, 0) is 6.54 Å². The van der Waals surface area contributed by atoms with Crippen LogP contribution in [0.5, 0.6) is 0 Å². The summed E-state index contributed by atoms with van der Waals surface area (Å²) in [5.41, 5.74) is 6.02. The maximum atomic E-state index is 13.9. The summed E-state index contributed by atoms with van der Waals surface area (Å²) < 4.78 is 2.11. The summed E-state index contributed by atoms with van der Waals surface area (Å²) in [6.45, 7) is 2.67. The van der Waals surface area contributed by atoms with E-state index in [0.29, 0.717) is 39.1 Å². The number of hydrogen-bond donors (Lipinski definition) is 1. The Balaban J connectivity index is 1.62. The van der Waals surface area contributed by atoms with E-state index in [-0.39, 0.29) is 10.9 Å². The van der Waals surface area contributed by atoms with E-state index in [1.54, 1.807) is 12.4 Å². The summed E-state index contributed by atoms with van der Waals surface area (Å²) in [4.78, 5) is 40.2. The number of para-hydroxylation sites is 2. The van der Waals surface area contributed by atoms with Crippen LogP contribution in [0.1, 0.15) is 6.92 Å². The van der Waals surface area contributed by atoms with E-state index in [0.717, 1.165) is 33.5 Å². The Hall–Kier alpha value is -5.10. The molecule has 6 nitrogen and oxygen atoms in total. The molecule has 0 aliphatic carbocycles. The Labute approximate surface area is 216 Å². The minimum atomic E-state index is -0.0818. The molecule has 0 aliphatic heterocycles. The predicted octanol–water partition coefficient (Wildman–Crippen LogP) is 6.29. The molecule has 0 radical (unpaired) electrons. The summed E-state index contributed by atoms with van der Waals surface area (Å²) in [6, 6.07) is 26.5. The quantitative estimate of drug-likeness (QED) is 0.293. The van der Waals surface area contributed by atoms with Crippen LogP contribution < -0.4 is 10.9 Å². The number of nitrogens with zero attached hydrogens (tertiary/aromatic N) is 3. The van der Waals surface area contributed by atoms with Gasteiger partial charge in [0.2, 0.25) is 0 Å². The van der Waals surface area contributed by atoms with Crippen molar-refractivity contribution in [3.05, 3.63) is 118 Å². The van der Waals surface area contributed by atoms with Gasteiger partial charge >= 0.3 is 0 Å². The lowest BCUT2D eigenvalue weighted by atomic mass is 10.00. The van der Waals surface area contributed by atoms with E-state index in [1.807, 2.05) is 91.9 Å². The fourth-order valence-corrected chi connectivity index (χ4v) is 5.52. The second-order valence-electron chi connectivity index (χ2n) is 9.30. The first kappa shape index (κ1) is 22.1. The average Bonchev–Trinajstić information content (AvgIpc) is 2.97. The van der Waals surface area contributed by atoms with Crippen LogP contribution in [0.15, 0.2) is 107 Å². The normalized spacial score (nSPS) is 11.6. The Morgan fingerprint density at radius 1 is 0.684 bits per heavy atom. The van der Waals surface area contributed by atoms with Gasteiger partial charge in [0.15, 0.2) is 10.9 Å². The molecule has 0 atom stereocenters. The number of rotatable bonds is 3. The maximum absolute atomic E-state index is 13.9. The van der Waals surface area contributed by atoms with Gasteiger partial charge in [-0.1, -0.05) is 36.4 Å². The summed E-state index contributed by atoms with van der Waals surface area (Å²) in [7, 11) is 0. The molecular weight excluding hydrogens is 472 g/mol. The van der Waals surface area contributed by atoms with Gasteiger partial charge in [0.25, 0.3) is 0 Å². The van der Waals surface area contributed by atoms with Gasteiger partial charge in [0.05, 0.1) is 33.5 Å². The molecule has 0 saturated carbocycles. The molecule has 4 aromatic heterocycles. The number of fused-ring (bicyclic) bond motifs is 4. The van der Waals surface area contributed by atoms with Crippen molar-refractivity contribution in [2.75, 3.05) is 0 Å². The number of aromatic amines is 1. The Bertz CT molecular complexity index is 2150. The second-order valence-corrected chi connectivity index (χ2v) is 9.30. The molecule has 4 heterocycles. The average molecular weight is 495 g/mol. The van der Waals surface area contributed by atoms with Crippen LogP contribution in [0.2, 0.25) is 0 Å². The molecule has 182 valence electrons. The molecule has 0 amide bonds. The maximum Gasteiger partial charge on any atom is 0.197 e. The van der Waals surface area contributed by atoms with Crippen molar-refractivity contribution in [2.24, 2.45) is 0 Å². The molecular formula is C32H22N4O2. The summed E-state index contributed by atoms with van der Waals surface area (Å²) in [5.74, 6) is 0. The van der Waals surface area contributed by atoms with Crippen molar-refractivity contribution in [1.29, 1.82) is 0 Å². The molecule has 7 rings (SSSR count). The molecule has 0 unspecified atom stereocenters. The van der Waals surface area contributed by atoms with Crippen molar-refractivity contribution >= 4 is 43.6 Å². The lowest BCUT2D eigenvalue weighted by Gasteiger charge is -2.17. The molecule has 7 aromatic rings. The summed E-state index contributed by atoms with van der Waals surface area (Å²) in [5, 5.41) is 2.31. The molecule has 0 bridgehead atoms. The number of aromatic nitrogens is 4. The standard InChI is InChI=1S/C32H22N4O2/c1-2-36-28-18-23-27(35-29-19(25-13-3-5-15-33-25)9-7-11-21(29)31(23)37)17-24(28)32(38)22-12-8-10-20(30(22)36)26-14-4-6-16-34-26/h3-18H,2H2,1H3,(H,35,37). The highest BCUT2D eigenvalue weighted by atomic mass is 16.1. The minimum absolute atomic E-state index is 0.0710. The molecule has 0 fully saturated rings. The minimum Gasteiger partial charge on any atom is -0.354 e. The highest BCUT2D eigenvalue weighted by Crippen LogP contribution is 2.31. The van der Waals surface area contributed by atoms with Gasteiger partial charge < -0.3 is 9.55 Å². The lowest BCUT2D eigenvalue weighted by Crippen LogP contribution is -2.13. The third-order valence-corrected chi connectivity index (χ3v) is 7.23. The first-order valence-corrected chi connectivity index (χ1v) is 12.6. The number of hydrogen-bond acceptors (Lipinski definition) is 4.